The molecule has 0 N–H and O–H groups in total. The first kappa shape index (κ1) is 14.6. The van der Waals surface area contributed by atoms with Gasteiger partial charge in [0, 0.05) is 31.1 Å². The van der Waals surface area contributed by atoms with Gasteiger partial charge in [-0.1, -0.05) is 11.3 Å². The van der Waals surface area contributed by atoms with E-state index in [0.29, 0.717) is 19.5 Å². The summed E-state index contributed by atoms with van der Waals surface area (Å²) >= 11 is 1.16. The van der Waals surface area contributed by atoms with Gasteiger partial charge in [-0.3, -0.25) is 9.59 Å². The third-order valence-corrected chi connectivity index (χ3v) is 4.02. The van der Waals surface area contributed by atoms with Crippen LogP contribution >= 0.6 is 11.3 Å². The minimum atomic E-state index is -0.0142. The highest BCUT2D eigenvalue weighted by Gasteiger charge is 2.12. The van der Waals surface area contributed by atoms with Gasteiger partial charge < -0.3 is 13.9 Å². The van der Waals surface area contributed by atoms with Crippen molar-refractivity contribution in [2.45, 2.75) is 33.4 Å². The monoisotopic (exact) mass is 294 g/mol. The molecule has 6 heteroatoms. The zero-order chi connectivity index (χ0) is 14.7. The molecule has 5 nitrogen and oxygen atoms in total. The van der Waals surface area contributed by atoms with Crippen molar-refractivity contribution < 1.29 is 9.21 Å². The highest BCUT2D eigenvalue weighted by molar-refractivity contribution is 7.07. The summed E-state index contributed by atoms with van der Waals surface area (Å²) in [6.07, 6.45) is 0.313. The Kier molecular flexibility index (Phi) is 4.44. The number of thiazole rings is 1. The molecule has 0 aliphatic carbocycles. The smallest absolute Gasteiger partial charge is 0.307 e. The molecule has 2 aromatic rings. The van der Waals surface area contributed by atoms with E-state index in [2.05, 4.69) is 0 Å². The Labute approximate surface area is 121 Å². The molecule has 1 amide bonds. The van der Waals surface area contributed by atoms with Crippen LogP contribution in [0.15, 0.2) is 26.7 Å². The highest BCUT2D eigenvalue weighted by Crippen LogP contribution is 2.10. The minimum Gasteiger partial charge on any atom is -0.464 e. The Morgan fingerprint density at radius 2 is 2.15 bits per heavy atom. The predicted molar refractivity (Wildman–Crippen MR) is 77.9 cm³/mol. The lowest BCUT2D eigenvalue weighted by Crippen LogP contribution is -2.28. The number of aryl methyl sites for hydroxylation is 2. The standard InChI is InChI=1S/C14H18N2O3S/c1-10-9-20-14(18)16(10)7-6-13(17)15(3)8-12-5-4-11(2)19-12/h4-5,9H,6-8H2,1-3H3. The number of hydrogen-bond donors (Lipinski definition) is 0. The average molecular weight is 294 g/mol. The van der Waals surface area contributed by atoms with Crippen molar-refractivity contribution in [2.75, 3.05) is 7.05 Å². The number of nitrogens with zero attached hydrogens (tertiary/aromatic N) is 2. The summed E-state index contributed by atoms with van der Waals surface area (Å²) < 4.78 is 7.08. The van der Waals surface area contributed by atoms with Crippen LogP contribution in [0.2, 0.25) is 0 Å². The van der Waals surface area contributed by atoms with E-state index in [0.717, 1.165) is 28.6 Å². The Balaban J connectivity index is 1.90. The molecule has 0 aliphatic rings. The molecule has 0 saturated heterocycles. The molecule has 20 heavy (non-hydrogen) atoms. The minimum absolute atomic E-state index is 0.00319. The van der Waals surface area contributed by atoms with Crippen molar-refractivity contribution in [3.8, 4) is 0 Å². The third-order valence-electron chi connectivity index (χ3n) is 3.14. The molecule has 0 radical (unpaired) electrons. The van der Waals surface area contributed by atoms with Crippen molar-refractivity contribution in [2.24, 2.45) is 0 Å². The lowest BCUT2D eigenvalue weighted by molar-refractivity contribution is -0.130. The fraction of sp³-hybridized carbons (Fsp3) is 0.429. The summed E-state index contributed by atoms with van der Waals surface area (Å²) in [5, 5.41) is 1.81. The van der Waals surface area contributed by atoms with Crippen LogP contribution in [0.1, 0.15) is 23.6 Å². The van der Waals surface area contributed by atoms with E-state index >= 15 is 0 Å². The first-order valence-corrected chi connectivity index (χ1v) is 7.29. The van der Waals surface area contributed by atoms with E-state index in [-0.39, 0.29) is 10.8 Å². The Hall–Kier alpha value is -1.82. The van der Waals surface area contributed by atoms with Crippen LogP contribution in [0, 0.1) is 13.8 Å². The maximum absolute atomic E-state index is 12.0. The molecule has 0 atom stereocenters. The van der Waals surface area contributed by atoms with Gasteiger partial charge in [0.15, 0.2) is 0 Å². The molecule has 108 valence electrons. The zero-order valence-electron chi connectivity index (χ0n) is 11.9. The number of hydrogen-bond acceptors (Lipinski definition) is 4. The number of amides is 1. The van der Waals surface area contributed by atoms with Gasteiger partial charge in [0.1, 0.15) is 11.5 Å². The lowest BCUT2D eigenvalue weighted by Gasteiger charge is -2.16. The molecule has 2 rings (SSSR count). The second kappa shape index (κ2) is 6.09. The lowest BCUT2D eigenvalue weighted by atomic mass is 10.3. The molecular formula is C14H18N2O3S. The SMILES string of the molecule is Cc1ccc(CN(C)C(=O)CCn2c(C)csc2=O)o1. The second-order valence-corrected chi connectivity index (χ2v) is 5.63. The van der Waals surface area contributed by atoms with E-state index in [4.69, 9.17) is 4.42 Å². The summed E-state index contributed by atoms with van der Waals surface area (Å²) in [5.74, 6) is 1.60. The molecule has 2 aromatic heterocycles. The van der Waals surface area contributed by atoms with E-state index in [1.807, 2.05) is 31.4 Å². The molecule has 0 spiro atoms. The summed E-state index contributed by atoms with van der Waals surface area (Å²) in [7, 11) is 1.74. The van der Waals surface area contributed by atoms with Crippen LogP contribution in [-0.4, -0.2) is 22.4 Å². The molecule has 0 bridgehead atoms. The van der Waals surface area contributed by atoms with E-state index in [1.54, 1.807) is 16.5 Å². The summed E-state index contributed by atoms with van der Waals surface area (Å²) in [4.78, 5) is 25.2. The van der Waals surface area contributed by atoms with Crippen molar-refractivity contribution in [3.63, 3.8) is 0 Å². The molecule has 0 aliphatic heterocycles. The van der Waals surface area contributed by atoms with E-state index in [9.17, 15) is 9.59 Å². The Bertz CT molecular complexity index is 653. The van der Waals surface area contributed by atoms with Crippen molar-refractivity contribution in [1.82, 2.24) is 9.47 Å². The Morgan fingerprint density at radius 3 is 2.70 bits per heavy atom. The van der Waals surface area contributed by atoms with Gasteiger partial charge in [-0.2, -0.15) is 0 Å². The molecule has 0 unspecified atom stereocenters. The summed E-state index contributed by atoms with van der Waals surface area (Å²) in [5.41, 5.74) is 0.900. The van der Waals surface area contributed by atoms with Crippen LogP contribution in [0.5, 0.6) is 0 Å². The van der Waals surface area contributed by atoms with Crippen LogP contribution in [0.25, 0.3) is 0 Å². The number of carbonyl (C=O) groups is 1. The maximum atomic E-state index is 12.0. The Morgan fingerprint density at radius 1 is 1.40 bits per heavy atom. The van der Waals surface area contributed by atoms with Crippen LogP contribution < -0.4 is 4.87 Å². The molecule has 0 aromatic carbocycles. The van der Waals surface area contributed by atoms with Crippen LogP contribution in [0.4, 0.5) is 0 Å². The maximum Gasteiger partial charge on any atom is 0.307 e. The summed E-state index contributed by atoms with van der Waals surface area (Å²) in [6, 6.07) is 3.74. The third kappa shape index (κ3) is 3.39. The highest BCUT2D eigenvalue weighted by atomic mass is 32.1. The van der Waals surface area contributed by atoms with Crippen LogP contribution in [-0.2, 0) is 17.9 Å². The normalized spacial score (nSPS) is 10.8. The number of furan rings is 1. The molecule has 0 saturated carbocycles. The van der Waals surface area contributed by atoms with E-state index in [1.165, 1.54) is 0 Å². The van der Waals surface area contributed by atoms with Crippen molar-refractivity contribution in [3.05, 3.63) is 44.4 Å². The van der Waals surface area contributed by atoms with Crippen molar-refractivity contribution >= 4 is 17.2 Å². The van der Waals surface area contributed by atoms with Gasteiger partial charge in [-0.15, -0.1) is 0 Å². The second-order valence-electron chi connectivity index (χ2n) is 4.81. The fourth-order valence-corrected chi connectivity index (χ4v) is 2.73. The number of rotatable bonds is 5. The van der Waals surface area contributed by atoms with Gasteiger partial charge in [-0.05, 0) is 26.0 Å². The molecule has 2 heterocycles. The number of aromatic nitrogens is 1. The predicted octanol–water partition coefficient (Wildman–Crippen LogP) is 2.17. The van der Waals surface area contributed by atoms with Gasteiger partial charge in [-0.25, -0.2) is 0 Å². The van der Waals surface area contributed by atoms with E-state index < -0.39 is 0 Å². The van der Waals surface area contributed by atoms with Gasteiger partial charge in [0.25, 0.3) is 0 Å². The quantitative estimate of drug-likeness (QED) is 0.849. The largest absolute Gasteiger partial charge is 0.464 e. The molecular weight excluding hydrogens is 276 g/mol. The topological polar surface area (TPSA) is 55.5 Å². The van der Waals surface area contributed by atoms with Gasteiger partial charge >= 0.3 is 4.87 Å². The summed E-state index contributed by atoms with van der Waals surface area (Å²) in [6.45, 7) is 4.62. The molecule has 0 fully saturated rings. The number of carbonyl (C=O) groups excluding carboxylic acids is 1. The van der Waals surface area contributed by atoms with Gasteiger partial charge in [0.05, 0.1) is 6.54 Å². The first-order chi connectivity index (χ1) is 9.47. The first-order valence-electron chi connectivity index (χ1n) is 6.41. The zero-order valence-corrected chi connectivity index (χ0v) is 12.7. The van der Waals surface area contributed by atoms with Crippen molar-refractivity contribution in [1.29, 1.82) is 0 Å². The van der Waals surface area contributed by atoms with Crippen LogP contribution in [0.3, 0.4) is 0 Å². The fourth-order valence-electron chi connectivity index (χ4n) is 1.96. The van der Waals surface area contributed by atoms with Gasteiger partial charge in [0.2, 0.25) is 5.91 Å². The average Bonchev–Trinajstić information content (AvgIpc) is 2.94.